The molecule has 172 valence electrons. The highest BCUT2D eigenvalue weighted by atomic mass is 35.5. The van der Waals surface area contributed by atoms with Crippen molar-refractivity contribution in [1.82, 2.24) is 15.6 Å². The molecule has 0 atom stereocenters. The smallest absolute Gasteiger partial charge is 0.276 e. The minimum absolute atomic E-state index is 0.0624. The summed E-state index contributed by atoms with van der Waals surface area (Å²) in [5.74, 6) is -0.779. The molecule has 8 nitrogen and oxygen atoms in total. The summed E-state index contributed by atoms with van der Waals surface area (Å²) in [4.78, 5) is 24.3. The van der Waals surface area contributed by atoms with Gasteiger partial charge in [-0.15, -0.1) is 0 Å². The molecule has 33 heavy (non-hydrogen) atoms. The van der Waals surface area contributed by atoms with E-state index in [0.717, 1.165) is 11.1 Å². The molecule has 0 fully saturated rings. The standard InChI is InChI=1S/C23H22ClN3O5S/c1-16-12-19(24)10-11-21(16)32-15-22(28)26-27-23(29)18-8-5-9-20(13-18)33(30,31)25-14-17-6-3-2-4-7-17/h2-13,25H,14-15H2,1H3,(H,26,28)(H,27,29). The van der Waals surface area contributed by atoms with E-state index in [4.69, 9.17) is 16.3 Å². The third-order valence-electron chi connectivity index (χ3n) is 4.53. The first-order valence-electron chi connectivity index (χ1n) is 9.86. The van der Waals surface area contributed by atoms with E-state index in [-0.39, 0.29) is 23.6 Å². The van der Waals surface area contributed by atoms with Crippen LogP contribution in [-0.2, 0) is 21.4 Å². The average Bonchev–Trinajstić information content (AvgIpc) is 2.81. The average molecular weight is 488 g/mol. The van der Waals surface area contributed by atoms with Gasteiger partial charge in [-0.2, -0.15) is 0 Å². The molecule has 3 aromatic rings. The van der Waals surface area contributed by atoms with Crippen LogP contribution in [0.3, 0.4) is 0 Å². The SMILES string of the molecule is Cc1cc(Cl)ccc1OCC(=O)NNC(=O)c1cccc(S(=O)(=O)NCc2ccccc2)c1. The number of nitrogens with one attached hydrogen (secondary N) is 3. The molecule has 0 radical (unpaired) electrons. The molecule has 0 saturated heterocycles. The van der Waals surface area contributed by atoms with E-state index in [2.05, 4.69) is 15.6 Å². The van der Waals surface area contributed by atoms with Crippen LogP contribution in [0.2, 0.25) is 5.02 Å². The fourth-order valence-electron chi connectivity index (χ4n) is 2.81. The Hall–Kier alpha value is -3.40. The Morgan fingerprint density at radius 3 is 2.42 bits per heavy atom. The van der Waals surface area contributed by atoms with Crippen molar-refractivity contribution in [3.05, 3.63) is 94.5 Å². The Kier molecular flexibility index (Phi) is 8.05. The summed E-state index contributed by atoms with van der Waals surface area (Å²) in [6, 6.07) is 19.5. The Morgan fingerprint density at radius 2 is 1.70 bits per heavy atom. The Morgan fingerprint density at radius 1 is 0.939 bits per heavy atom. The van der Waals surface area contributed by atoms with Crippen LogP contribution in [0.4, 0.5) is 0 Å². The fraction of sp³-hybridized carbons (Fsp3) is 0.130. The first-order valence-corrected chi connectivity index (χ1v) is 11.7. The molecule has 3 aromatic carbocycles. The fourth-order valence-corrected chi connectivity index (χ4v) is 4.10. The maximum atomic E-state index is 12.6. The Balaban J connectivity index is 1.54. The van der Waals surface area contributed by atoms with Crippen molar-refractivity contribution in [2.75, 3.05) is 6.61 Å². The molecule has 0 spiro atoms. The lowest BCUT2D eigenvalue weighted by atomic mass is 10.2. The molecule has 0 unspecified atom stereocenters. The lowest BCUT2D eigenvalue weighted by Crippen LogP contribution is -2.43. The van der Waals surface area contributed by atoms with Gasteiger partial charge in [0.1, 0.15) is 5.75 Å². The molecule has 0 aromatic heterocycles. The van der Waals surface area contributed by atoms with Crippen molar-refractivity contribution in [3.63, 3.8) is 0 Å². The molecule has 3 rings (SSSR count). The number of halogens is 1. The molecule has 0 aliphatic carbocycles. The maximum Gasteiger partial charge on any atom is 0.276 e. The number of aryl methyl sites for hydroxylation is 1. The zero-order chi connectivity index (χ0) is 23.8. The van der Waals surface area contributed by atoms with Gasteiger partial charge in [0.25, 0.3) is 11.8 Å². The molecule has 3 N–H and O–H groups in total. The van der Waals surface area contributed by atoms with Gasteiger partial charge < -0.3 is 4.74 Å². The molecule has 0 heterocycles. The van der Waals surface area contributed by atoms with Gasteiger partial charge >= 0.3 is 0 Å². The van der Waals surface area contributed by atoms with Crippen LogP contribution in [0.25, 0.3) is 0 Å². The van der Waals surface area contributed by atoms with Crippen LogP contribution in [0.1, 0.15) is 21.5 Å². The van der Waals surface area contributed by atoms with Crippen LogP contribution >= 0.6 is 11.6 Å². The van der Waals surface area contributed by atoms with Gasteiger partial charge in [-0.05, 0) is 54.4 Å². The molecular formula is C23H22ClN3O5S. The summed E-state index contributed by atoms with van der Waals surface area (Å²) in [5, 5.41) is 0.552. The molecular weight excluding hydrogens is 466 g/mol. The molecule has 0 aliphatic heterocycles. The van der Waals surface area contributed by atoms with Crippen molar-refractivity contribution in [3.8, 4) is 5.75 Å². The van der Waals surface area contributed by atoms with Crippen LogP contribution in [0, 0.1) is 6.92 Å². The van der Waals surface area contributed by atoms with E-state index in [1.165, 1.54) is 24.3 Å². The summed E-state index contributed by atoms with van der Waals surface area (Å²) in [6.45, 7) is 1.57. The minimum atomic E-state index is -3.84. The van der Waals surface area contributed by atoms with Crippen molar-refractivity contribution in [1.29, 1.82) is 0 Å². The van der Waals surface area contributed by atoms with Gasteiger partial charge in [0.15, 0.2) is 6.61 Å². The number of sulfonamides is 1. The van der Waals surface area contributed by atoms with Crippen LogP contribution in [0.5, 0.6) is 5.75 Å². The van der Waals surface area contributed by atoms with Crippen molar-refractivity contribution >= 4 is 33.4 Å². The number of benzene rings is 3. The largest absolute Gasteiger partial charge is 0.483 e. The summed E-state index contributed by atoms with van der Waals surface area (Å²) < 4.78 is 33.1. The highest BCUT2D eigenvalue weighted by Crippen LogP contribution is 2.21. The van der Waals surface area contributed by atoms with E-state index in [0.29, 0.717) is 10.8 Å². The molecule has 0 saturated carbocycles. The van der Waals surface area contributed by atoms with Crippen LogP contribution in [-0.4, -0.2) is 26.8 Å². The first-order chi connectivity index (χ1) is 15.7. The van der Waals surface area contributed by atoms with E-state index in [1.54, 1.807) is 37.3 Å². The molecule has 2 amide bonds. The van der Waals surface area contributed by atoms with Crippen LogP contribution in [0.15, 0.2) is 77.7 Å². The number of ether oxygens (including phenoxy) is 1. The summed E-state index contributed by atoms with van der Waals surface area (Å²) in [7, 11) is -3.84. The van der Waals surface area contributed by atoms with Crippen LogP contribution < -0.4 is 20.3 Å². The van der Waals surface area contributed by atoms with Gasteiger partial charge in [-0.3, -0.25) is 20.4 Å². The van der Waals surface area contributed by atoms with Crippen molar-refractivity contribution in [2.24, 2.45) is 0 Å². The normalized spacial score (nSPS) is 11.0. The number of hydrogen-bond donors (Lipinski definition) is 3. The van der Waals surface area contributed by atoms with E-state index >= 15 is 0 Å². The Bertz CT molecular complexity index is 1250. The van der Waals surface area contributed by atoms with Gasteiger partial charge in [0.2, 0.25) is 10.0 Å². The maximum absolute atomic E-state index is 12.6. The van der Waals surface area contributed by atoms with E-state index in [1.807, 2.05) is 18.2 Å². The highest BCUT2D eigenvalue weighted by Gasteiger charge is 2.16. The number of carbonyl (C=O) groups is 2. The van der Waals surface area contributed by atoms with Gasteiger partial charge in [0, 0.05) is 17.1 Å². The predicted molar refractivity (Wildman–Crippen MR) is 124 cm³/mol. The second-order valence-corrected chi connectivity index (χ2v) is 9.24. The minimum Gasteiger partial charge on any atom is -0.483 e. The van der Waals surface area contributed by atoms with E-state index < -0.39 is 21.8 Å². The zero-order valence-electron chi connectivity index (χ0n) is 17.7. The number of rotatable bonds is 8. The second-order valence-electron chi connectivity index (χ2n) is 7.04. The quantitative estimate of drug-likeness (QED) is 0.423. The summed E-state index contributed by atoms with van der Waals surface area (Å²) in [6.07, 6.45) is 0. The number of hydrogen-bond acceptors (Lipinski definition) is 5. The summed E-state index contributed by atoms with van der Waals surface area (Å²) >= 11 is 5.88. The lowest BCUT2D eigenvalue weighted by Gasteiger charge is -2.11. The number of hydrazine groups is 1. The van der Waals surface area contributed by atoms with Gasteiger partial charge in [0.05, 0.1) is 4.90 Å². The van der Waals surface area contributed by atoms with Crippen molar-refractivity contribution in [2.45, 2.75) is 18.4 Å². The monoisotopic (exact) mass is 487 g/mol. The predicted octanol–water partition coefficient (Wildman–Crippen LogP) is 2.97. The zero-order valence-corrected chi connectivity index (χ0v) is 19.2. The third-order valence-corrected chi connectivity index (χ3v) is 6.16. The third kappa shape index (κ3) is 7.04. The highest BCUT2D eigenvalue weighted by molar-refractivity contribution is 7.89. The molecule has 0 bridgehead atoms. The summed E-state index contributed by atoms with van der Waals surface area (Å²) in [5.41, 5.74) is 6.10. The molecule has 10 heteroatoms. The van der Waals surface area contributed by atoms with Crippen molar-refractivity contribution < 1.29 is 22.7 Å². The topological polar surface area (TPSA) is 114 Å². The number of carbonyl (C=O) groups excluding carboxylic acids is 2. The van der Waals surface area contributed by atoms with E-state index in [9.17, 15) is 18.0 Å². The molecule has 0 aliphatic rings. The second kappa shape index (κ2) is 11.0. The van der Waals surface area contributed by atoms with Gasteiger partial charge in [-0.1, -0.05) is 48.0 Å². The first kappa shape index (κ1) is 24.2. The Labute approximate surface area is 196 Å². The van der Waals surface area contributed by atoms with Gasteiger partial charge in [-0.25, -0.2) is 13.1 Å². The number of amides is 2. The lowest BCUT2D eigenvalue weighted by molar-refractivity contribution is -0.123.